The van der Waals surface area contributed by atoms with E-state index in [0.29, 0.717) is 19.8 Å². The maximum absolute atomic E-state index is 12.7. The number of aromatic nitrogens is 2. The molecule has 0 unspecified atom stereocenters. The van der Waals surface area contributed by atoms with Crippen LogP contribution in [0.3, 0.4) is 0 Å². The van der Waals surface area contributed by atoms with Crippen LogP contribution < -0.4 is 11.0 Å². The van der Waals surface area contributed by atoms with E-state index in [2.05, 4.69) is 5.32 Å². The van der Waals surface area contributed by atoms with Crippen molar-refractivity contribution in [3.63, 3.8) is 0 Å². The zero-order valence-corrected chi connectivity index (χ0v) is 15.4. The molecule has 0 bridgehead atoms. The molecule has 8 heteroatoms. The van der Waals surface area contributed by atoms with Gasteiger partial charge in [-0.2, -0.15) is 0 Å². The van der Waals surface area contributed by atoms with Crippen LogP contribution in [-0.4, -0.2) is 44.9 Å². The summed E-state index contributed by atoms with van der Waals surface area (Å²) < 4.78 is 8.51. The lowest BCUT2D eigenvalue weighted by Crippen LogP contribution is -2.57. The van der Waals surface area contributed by atoms with Gasteiger partial charge in [-0.15, -0.1) is 0 Å². The number of hydrogen-bond acceptors (Lipinski definition) is 4. The van der Waals surface area contributed by atoms with Crippen LogP contribution in [0.15, 0.2) is 29.1 Å². The van der Waals surface area contributed by atoms with Crippen molar-refractivity contribution in [1.82, 2.24) is 14.5 Å². The molecular weight excluding hydrogens is 350 g/mol. The number of benzene rings is 1. The standard InChI is InChI=1S/C19H25N3O5/c1-2-10-21-14-5-3-4-6-15(14)22(18(21)26)11-7-16(23)20-19(17(24)25)8-12-27-13-9-19/h3-6H,2,7-13H2,1H3,(H,20,23)(H,24,25). The molecule has 3 rings (SSSR count). The van der Waals surface area contributed by atoms with Gasteiger partial charge in [-0.25, -0.2) is 9.59 Å². The van der Waals surface area contributed by atoms with E-state index in [-0.39, 0.29) is 37.4 Å². The third-order valence-electron chi connectivity index (χ3n) is 5.07. The van der Waals surface area contributed by atoms with Gasteiger partial charge in [0.05, 0.1) is 11.0 Å². The quantitative estimate of drug-likeness (QED) is 0.761. The molecule has 2 N–H and O–H groups in total. The van der Waals surface area contributed by atoms with Crippen molar-refractivity contribution in [2.75, 3.05) is 13.2 Å². The highest BCUT2D eigenvalue weighted by Gasteiger charge is 2.41. The summed E-state index contributed by atoms with van der Waals surface area (Å²) in [5, 5.41) is 12.2. The monoisotopic (exact) mass is 375 g/mol. The third kappa shape index (κ3) is 3.75. The fourth-order valence-corrected chi connectivity index (χ4v) is 3.58. The average Bonchev–Trinajstić information content (AvgIpc) is 2.93. The summed E-state index contributed by atoms with van der Waals surface area (Å²) >= 11 is 0. The average molecular weight is 375 g/mol. The van der Waals surface area contributed by atoms with Gasteiger partial charge in [0, 0.05) is 45.6 Å². The van der Waals surface area contributed by atoms with E-state index < -0.39 is 11.5 Å². The first-order valence-electron chi connectivity index (χ1n) is 9.29. The lowest BCUT2D eigenvalue weighted by atomic mass is 9.90. The second-order valence-corrected chi connectivity index (χ2v) is 6.87. The fourth-order valence-electron chi connectivity index (χ4n) is 3.58. The predicted octanol–water partition coefficient (Wildman–Crippen LogP) is 1.35. The molecule has 0 aliphatic carbocycles. The summed E-state index contributed by atoms with van der Waals surface area (Å²) in [6.07, 6.45) is 1.35. The van der Waals surface area contributed by atoms with E-state index in [4.69, 9.17) is 4.74 Å². The van der Waals surface area contributed by atoms with E-state index >= 15 is 0 Å². The zero-order valence-electron chi connectivity index (χ0n) is 15.4. The summed E-state index contributed by atoms with van der Waals surface area (Å²) in [4.78, 5) is 36.8. The van der Waals surface area contributed by atoms with Crippen molar-refractivity contribution in [2.45, 2.75) is 51.2 Å². The topological polar surface area (TPSA) is 103 Å². The number of para-hydroxylation sites is 2. The molecule has 1 aromatic carbocycles. The molecule has 1 saturated heterocycles. The van der Waals surface area contributed by atoms with E-state index in [1.165, 1.54) is 0 Å². The van der Waals surface area contributed by atoms with Crippen LogP contribution in [0.5, 0.6) is 0 Å². The lowest BCUT2D eigenvalue weighted by molar-refractivity contribution is -0.152. The van der Waals surface area contributed by atoms with E-state index in [1.54, 1.807) is 9.13 Å². The molecule has 0 saturated carbocycles. The highest BCUT2D eigenvalue weighted by atomic mass is 16.5. The normalized spacial score (nSPS) is 16.3. The minimum absolute atomic E-state index is 0.0376. The Kier molecular flexibility index (Phi) is 5.65. The number of amides is 1. The van der Waals surface area contributed by atoms with Crippen molar-refractivity contribution in [3.05, 3.63) is 34.7 Å². The third-order valence-corrected chi connectivity index (χ3v) is 5.07. The van der Waals surface area contributed by atoms with E-state index in [0.717, 1.165) is 17.5 Å². The van der Waals surface area contributed by atoms with Crippen LogP contribution in [0, 0.1) is 0 Å². The van der Waals surface area contributed by atoms with Gasteiger partial charge < -0.3 is 15.2 Å². The number of imidazole rings is 1. The minimum Gasteiger partial charge on any atom is -0.480 e. The summed E-state index contributed by atoms with van der Waals surface area (Å²) in [7, 11) is 0. The minimum atomic E-state index is -1.28. The first-order valence-corrected chi connectivity index (χ1v) is 9.29. The van der Waals surface area contributed by atoms with Crippen LogP contribution in [-0.2, 0) is 27.4 Å². The van der Waals surface area contributed by atoms with Gasteiger partial charge in [0.1, 0.15) is 5.54 Å². The smallest absolute Gasteiger partial charge is 0.329 e. The van der Waals surface area contributed by atoms with Crippen LogP contribution in [0.1, 0.15) is 32.6 Å². The molecule has 8 nitrogen and oxygen atoms in total. The number of nitrogens with zero attached hydrogens (tertiary/aromatic N) is 2. The Morgan fingerprint density at radius 2 is 1.74 bits per heavy atom. The van der Waals surface area contributed by atoms with Gasteiger partial charge in [-0.05, 0) is 18.6 Å². The van der Waals surface area contributed by atoms with Gasteiger partial charge in [-0.1, -0.05) is 19.1 Å². The number of nitrogens with one attached hydrogen (secondary N) is 1. The van der Waals surface area contributed by atoms with E-state index in [9.17, 15) is 19.5 Å². The Morgan fingerprint density at radius 1 is 1.15 bits per heavy atom. The van der Waals surface area contributed by atoms with Crippen molar-refractivity contribution in [1.29, 1.82) is 0 Å². The summed E-state index contributed by atoms with van der Waals surface area (Å²) in [6.45, 7) is 3.42. The van der Waals surface area contributed by atoms with Gasteiger partial charge in [0.2, 0.25) is 5.91 Å². The maximum atomic E-state index is 12.7. The number of aliphatic carboxylic acids is 1. The number of ether oxygens (including phenoxy) is 1. The number of carbonyl (C=O) groups excluding carboxylic acids is 1. The first-order chi connectivity index (χ1) is 13.0. The largest absolute Gasteiger partial charge is 0.480 e. The molecule has 2 aromatic rings. The molecule has 0 atom stereocenters. The maximum Gasteiger partial charge on any atom is 0.329 e. The zero-order chi connectivity index (χ0) is 19.4. The molecular formula is C19H25N3O5. The molecule has 1 aromatic heterocycles. The molecule has 1 amide bonds. The van der Waals surface area contributed by atoms with Gasteiger partial charge in [0.15, 0.2) is 0 Å². The molecule has 2 heterocycles. The van der Waals surface area contributed by atoms with Gasteiger partial charge >= 0.3 is 11.7 Å². The van der Waals surface area contributed by atoms with Crippen LogP contribution >= 0.6 is 0 Å². The number of fused-ring (bicyclic) bond motifs is 1. The molecule has 1 aliphatic heterocycles. The first kappa shape index (κ1) is 19.2. The van der Waals surface area contributed by atoms with Crippen LogP contribution in [0.4, 0.5) is 0 Å². The molecule has 0 spiro atoms. The van der Waals surface area contributed by atoms with Crippen molar-refractivity contribution in [2.24, 2.45) is 0 Å². The SMILES string of the molecule is CCCn1c(=O)n(CCC(=O)NC2(C(=O)O)CCOCC2)c2ccccc21. The number of aryl methyl sites for hydroxylation is 2. The van der Waals surface area contributed by atoms with Crippen molar-refractivity contribution >= 4 is 22.9 Å². The van der Waals surface area contributed by atoms with Gasteiger partial charge in [-0.3, -0.25) is 13.9 Å². The Bertz CT molecular complexity index is 892. The molecule has 1 aliphatic rings. The molecule has 146 valence electrons. The lowest BCUT2D eigenvalue weighted by Gasteiger charge is -2.33. The Labute approximate surface area is 156 Å². The fraction of sp³-hybridized carbons (Fsp3) is 0.526. The second kappa shape index (κ2) is 7.96. The molecule has 1 fully saturated rings. The number of carbonyl (C=O) groups is 2. The summed E-state index contributed by atoms with van der Waals surface area (Å²) in [6, 6.07) is 7.49. The second-order valence-electron chi connectivity index (χ2n) is 6.87. The number of hydrogen-bond donors (Lipinski definition) is 2. The van der Waals surface area contributed by atoms with Crippen LogP contribution in [0.2, 0.25) is 0 Å². The Morgan fingerprint density at radius 3 is 2.30 bits per heavy atom. The number of carboxylic acids is 1. The highest BCUT2D eigenvalue weighted by molar-refractivity contribution is 5.87. The number of carboxylic acid groups (broad SMARTS) is 1. The summed E-state index contributed by atoms with van der Waals surface area (Å²) in [5.41, 5.74) is 0.195. The van der Waals surface area contributed by atoms with Crippen LogP contribution in [0.25, 0.3) is 11.0 Å². The summed E-state index contributed by atoms with van der Waals surface area (Å²) in [5.74, 6) is -1.42. The predicted molar refractivity (Wildman–Crippen MR) is 99.7 cm³/mol. The van der Waals surface area contributed by atoms with Gasteiger partial charge in [0.25, 0.3) is 0 Å². The van der Waals surface area contributed by atoms with Crippen molar-refractivity contribution < 1.29 is 19.4 Å². The van der Waals surface area contributed by atoms with Crippen molar-refractivity contribution in [3.8, 4) is 0 Å². The van der Waals surface area contributed by atoms with E-state index in [1.807, 2.05) is 31.2 Å². The Hall–Kier alpha value is -2.61. The number of rotatable bonds is 7. The Balaban J connectivity index is 1.77. The molecule has 27 heavy (non-hydrogen) atoms. The highest BCUT2D eigenvalue weighted by Crippen LogP contribution is 2.21. The molecule has 0 radical (unpaired) electrons.